The maximum atomic E-state index is 6.83. The molecule has 0 fully saturated rings. The molecule has 5 nitrogen and oxygen atoms in total. The second-order valence-corrected chi connectivity index (χ2v) is 20.8. The van der Waals surface area contributed by atoms with Crippen LogP contribution >= 0.6 is 0 Å². The summed E-state index contributed by atoms with van der Waals surface area (Å²) in [4.78, 5) is 9.45. The van der Waals surface area contributed by atoms with E-state index in [-0.39, 0.29) is 42.7 Å². The van der Waals surface area contributed by atoms with E-state index in [9.17, 15) is 0 Å². The first-order chi connectivity index (χ1) is 30.4. The zero-order valence-corrected chi connectivity index (χ0v) is 41.8. The number of aromatic nitrogens is 2. The Labute approximate surface area is 401 Å². The van der Waals surface area contributed by atoms with Crippen LogP contribution in [0.4, 0.5) is 11.4 Å². The van der Waals surface area contributed by atoms with E-state index in [0.717, 1.165) is 33.6 Å². The second kappa shape index (κ2) is 17.1. The molecule has 2 aromatic heterocycles. The van der Waals surface area contributed by atoms with Crippen molar-refractivity contribution in [3.05, 3.63) is 199 Å². The maximum Gasteiger partial charge on any atom is 0.135 e. The van der Waals surface area contributed by atoms with E-state index in [4.69, 9.17) is 9.72 Å². The van der Waals surface area contributed by atoms with Crippen molar-refractivity contribution in [2.45, 2.75) is 92.4 Å². The number of pyridine rings is 1. The minimum atomic E-state index is -0.237. The van der Waals surface area contributed by atoms with Gasteiger partial charge in [0.2, 0.25) is 0 Å². The van der Waals surface area contributed by atoms with Gasteiger partial charge in [-0.15, -0.1) is 48.3 Å². The van der Waals surface area contributed by atoms with Crippen molar-refractivity contribution in [2.75, 3.05) is 9.80 Å². The monoisotopic (exact) mass is 1030 g/mol. The van der Waals surface area contributed by atoms with Gasteiger partial charge in [-0.2, -0.15) is 6.07 Å². The molecule has 0 atom stereocenters. The first kappa shape index (κ1) is 45.7. The van der Waals surface area contributed by atoms with Crippen LogP contribution in [0.15, 0.2) is 158 Å². The average molecular weight is 1040 g/mol. The van der Waals surface area contributed by atoms with Gasteiger partial charge < -0.3 is 19.1 Å². The van der Waals surface area contributed by atoms with E-state index < -0.39 is 0 Å². The predicted molar refractivity (Wildman–Crippen MR) is 267 cm³/mol. The number of hydrogen-bond donors (Lipinski definition) is 0. The van der Waals surface area contributed by atoms with Gasteiger partial charge in [-0.3, -0.25) is 0 Å². The Hall–Kier alpha value is -5.90. The number of para-hydroxylation sites is 1. The third kappa shape index (κ3) is 8.93. The number of fused-ring (bicyclic) bond motifs is 3. The Bertz CT molecular complexity index is 3030. The number of ether oxygens (including phenoxy) is 1. The zero-order chi connectivity index (χ0) is 45.2. The molecule has 8 aromatic rings. The summed E-state index contributed by atoms with van der Waals surface area (Å²) in [6, 6.07) is 57.1. The summed E-state index contributed by atoms with van der Waals surface area (Å²) < 4.78 is 9.08. The molecule has 0 saturated carbocycles. The quantitative estimate of drug-likeness (QED) is 0.142. The predicted octanol–water partition coefficient (Wildman–Crippen LogP) is 15.5. The SMILES string of the molecule is CC(C)(C)C1=CN(c2[c-]c(Oc3[c-]c4c(c(C(C)(C)C)c3)c3ccccc3n4-c3cc(C(C)(C)C)ccn3)ccc2)[CH-]N1c1cc(-c2ccccc2)cc(C(C)(C)c2ccccc2)c1.[Pt]. The van der Waals surface area contributed by atoms with Crippen LogP contribution in [0.5, 0.6) is 11.5 Å². The molecule has 6 aromatic carbocycles. The van der Waals surface area contributed by atoms with Crippen LogP contribution in [0.3, 0.4) is 0 Å². The zero-order valence-electron chi connectivity index (χ0n) is 39.5. The average Bonchev–Trinajstić information content (AvgIpc) is 3.87. The smallest absolute Gasteiger partial charge is 0.135 e. The van der Waals surface area contributed by atoms with Crippen LogP contribution in [-0.2, 0) is 37.3 Å². The fourth-order valence-electron chi connectivity index (χ4n) is 8.88. The van der Waals surface area contributed by atoms with Crippen molar-refractivity contribution in [3.8, 4) is 28.4 Å². The van der Waals surface area contributed by atoms with Crippen LogP contribution < -0.4 is 14.5 Å². The fraction of sp³-hybridized carbons (Fsp3) is 0.254. The standard InChI is InChI=1S/C59H59N4O.Pt/c1-56(2,3)43-29-30-60-54(34-43)63-51-28-19-18-27-49(51)55-50(57(4,5)6)36-48(37-52(55)63)64-47-26-20-25-45(35-47)61-38-53(58(7,8)9)62(39-61)46-32-41(40-21-14-12-15-22-40)31-44(33-46)59(10,11)42-23-16-13-17-24-42;/h12-34,36,38-39H,1-11H3;/q-3;. The molecule has 3 heterocycles. The molecule has 0 aliphatic carbocycles. The van der Waals surface area contributed by atoms with Gasteiger partial charge in [-0.1, -0.05) is 172 Å². The summed E-state index contributed by atoms with van der Waals surface area (Å²) in [5.41, 5.74) is 11.8. The van der Waals surface area contributed by atoms with Gasteiger partial charge in [0, 0.05) is 66.5 Å². The Morgan fingerprint density at radius 3 is 1.95 bits per heavy atom. The van der Waals surface area contributed by atoms with Crippen LogP contribution in [-0.4, -0.2) is 9.55 Å². The van der Waals surface area contributed by atoms with E-state index in [1.807, 2.05) is 18.3 Å². The molecule has 9 rings (SSSR count). The van der Waals surface area contributed by atoms with Gasteiger partial charge in [-0.25, -0.2) is 4.98 Å². The Balaban J connectivity index is 0.00000576. The number of anilines is 2. The van der Waals surface area contributed by atoms with E-state index in [1.165, 1.54) is 44.5 Å². The summed E-state index contributed by atoms with van der Waals surface area (Å²) >= 11 is 0. The number of rotatable bonds is 8. The summed E-state index contributed by atoms with van der Waals surface area (Å²) in [7, 11) is 0. The van der Waals surface area contributed by atoms with E-state index in [2.05, 4.69) is 243 Å². The second-order valence-electron chi connectivity index (χ2n) is 20.8. The van der Waals surface area contributed by atoms with Gasteiger partial charge in [-0.05, 0) is 80.6 Å². The molecule has 65 heavy (non-hydrogen) atoms. The molecule has 0 spiro atoms. The normalized spacial score (nSPS) is 13.6. The third-order valence-electron chi connectivity index (χ3n) is 12.6. The Morgan fingerprint density at radius 2 is 1.26 bits per heavy atom. The molecule has 0 N–H and O–H groups in total. The molecule has 1 aliphatic heterocycles. The number of hydrogen-bond acceptors (Lipinski definition) is 4. The summed E-state index contributed by atoms with van der Waals surface area (Å²) in [6.45, 7) is 27.1. The van der Waals surface area contributed by atoms with Gasteiger partial charge in [0.1, 0.15) is 5.82 Å². The van der Waals surface area contributed by atoms with Crippen molar-refractivity contribution in [1.82, 2.24) is 9.55 Å². The topological polar surface area (TPSA) is 33.5 Å². The van der Waals surface area contributed by atoms with Gasteiger partial charge in [0.25, 0.3) is 0 Å². The molecule has 0 unspecified atom stereocenters. The van der Waals surface area contributed by atoms with Crippen molar-refractivity contribution in [2.24, 2.45) is 5.41 Å². The van der Waals surface area contributed by atoms with E-state index in [0.29, 0.717) is 11.5 Å². The molecule has 0 saturated heterocycles. The summed E-state index contributed by atoms with van der Waals surface area (Å²) in [5, 5.41) is 2.33. The van der Waals surface area contributed by atoms with Crippen LogP contribution in [0.1, 0.15) is 98.4 Å². The molecule has 6 heteroatoms. The largest absolute Gasteiger partial charge is 0.509 e. The third-order valence-corrected chi connectivity index (χ3v) is 12.6. The first-order valence-corrected chi connectivity index (χ1v) is 22.4. The van der Waals surface area contributed by atoms with Crippen LogP contribution in [0, 0.1) is 24.2 Å². The van der Waals surface area contributed by atoms with Gasteiger partial charge in [0.15, 0.2) is 0 Å². The molecule has 0 radical (unpaired) electrons. The molecule has 1 aliphatic rings. The summed E-state index contributed by atoms with van der Waals surface area (Å²) in [6.07, 6.45) is 4.16. The minimum absolute atomic E-state index is 0. The van der Waals surface area contributed by atoms with Crippen LogP contribution in [0.25, 0.3) is 38.8 Å². The number of allylic oxidation sites excluding steroid dienone is 1. The maximum absolute atomic E-state index is 6.83. The molecule has 334 valence electrons. The Morgan fingerprint density at radius 1 is 0.569 bits per heavy atom. The van der Waals surface area contributed by atoms with Crippen molar-refractivity contribution < 1.29 is 25.8 Å². The van der Waals surface area contributed by atoms with E-state index in [1.54, 1.807) is 0 Å². The fourth-order valence-corrected chi connectivity index (χ4v) is 8.88. The van der Waals surface area contributed by atoms with Crippen LogP contribution in [0.2, 0.25) is 0 Å². The minimum Gasteiger partial charge on any atom is -0.509 e. The van der Waals surface area contributed by atoms with Gasteiger partial charge in [0.05, 0.1) is 0 Å². The molecule has 0 amide bonds. The molecular formula is C59H59N4OPt-3. The first-order valence-electron chi connectivity index (χ1n) is 22.4. The molecule has 0 bridgehead atoms. The van der Waals surface area contributed by atoms with E-state index >= 15 is 0 Å². The molecular weight excluding hydrogens is 976 g/mol. The summed E-state index contributed by atoms with van der Waals surface area (Å²) in [5.74, 6) is 2.10. The van der Waals surface area contributed by atoms with Crippen molar-refractivity contribution >= 4 is 33.2 Å². The number of nitrogens with zero attached hydrogens (tertiary/aromatic N) is 4. The Kier molecular flexibility index (Phi) is 12.0. The van der Waals surface area contributed by atoms with Crippen molar-refractivity contribution in [1.29, 1.82) is 0 Å². The van der Waals surface area contributed by atoms with Crippen molar-refractivity contribution in [3.63, 3.8) is 0 Å². The number of benzene rings is 6. The van der Waals surface area contributed by atoms with Gasteiger partial charge >= 0.3 is 0 Å².